The van der Waals surface area contributed by atoms with Crippen molar-refractivity contribution in [2.24, 2.45) is 0 Å². The third-order valence-electron chi connectivity index (χ3n) is 3.08. The SMILES string of the molecule is CC(C)(C)OC(=O)NCCNC(=O)c1[nH]ncc1-c1cccc(F)c1. The van der Waals surface area contributed by atoms with Crippen molar-refractivity contribution in [2.45, 2.75) is 26.4 Å². The summed E-state index contributed by atoms with van der Waals surface area (Å²) in [5, 5.41) is 11.7. The molecule has 25 heavy (non-hydrogen) atoms. The van der Waals surface area contributed by atoms with Crippen molar-refractivity contribution >= 4 is 12.0 Å². The zero-order chi connectivity index (χ0) is 18.4. The van der Waals surface area contributed by atoms with Gasteiger partial charge in [-0.25, -0.2) is 9.18 Å². The van der Waals surface area contributed by atoms with E-state index >= 15 is 0 Å². The molecule has 2 aromatic rings. The summed E-state index contributed by atoms with van der Waals surface area (Å²) in [4.78, 5) is 23.7. The normalized spacial score (nSPS) is 11.0. The van der Waals surface area contributed by atoms with Crippen LogP contribution in [0.2, 0.25) is 0 Å². The van der Waals surface area contributed by atoms with Gasteiger partial charge in [-0.05, 0) is 38.5 Å². The number of rotatable bonds is 5. The van der Waals surface area contributed by atoms with E-state index in [1.165, 1.54) is 18.3 Å². The van der Waals surface area contributed by atoms with Gasteiger partial charge in [0.15, 0.2) is 0 Å². The number of halogens is 1. The number of nitrogens with one attached hydrogen (secondary N) is 3. The standard InChI is InChI=1S/C17H21FN4O3/c1-17(2,3)25-16(24)20-8-7-19-15(23)14-13(10-21-22-14)11-5-4-6-12(18)9-11/h4-6,9-10H,7-8H2,1-3H3,(H,19,23)(H,20,24)(H,21,22). The van der Waals surface area contributed by atoms with Gasteiger partial charge in [0.1, 0.15) is 17.1 Å². The molecule has 0 bridgehead atoms. The third-order valence-corrected chi connectivity index (χ3v) is 3.08. The molecule has 0 fully saturated rings. The molecule has 7 nitrogen and oxygen atoms in total. The quantitative estimate of drug-likeness (QED) is 0.723. The second-order valence-corrected chi connectivity index (χ2v) is 6.35. The molecule has 2 rings (SSSR count). The third kappa shape index (κ3) is 5.59. The van der Waals surface area contributed by atoms with Crippen LogP contribution in [0, 0.1) is 5.82 Å². The van der Waals surface area contributed by atoms with E-state index in [0.717, 1.165) is 0 Å². The Hall–Kier alpha value is -2.90. The van der Waals surface area contributed by atoms with E-state index in [4.69, 9.17) is 4.74 Å². The van der Waals surface area contributed by atoms with Crippen LogP contribution in [-0.2, 0) is 4.74 Å². The van der Waals surface area contributed by atoms with E-state index in [9.17, 15) is 14.0 Å². The lowest BCUT2D eigenvalue weighted by Gasteiger charge is -2.19. The van der Waals surface area contributed by atoms with Crippen LogP contribution in [0.3, 0.4) is 0 Å². The Kier molecular flexibility index (Phi) is 5.74. The minimum absolute atomic E-state index is 0.208. The first-order chi connectivity index (χ1) is 11.8. The molecular weight excluding hydrogens is 327 g/mol. The van der Waals surface area contributed by atoms with Crippen molar-refractivity contribution in [1.29, 1.82) is 0 Å². The monoisotopic (exact) mass is 348 g/mol. The van der Waals surface area contributed by atoms with Crippen molar-refractivity contribution in [2.75, 3.05) is 13.1 Å². The number of hydrogen-bond acceptors (Lipinski definition) is 4. The lowest BCUT2D eigenvalue weighted by atomic mass is 10.1. The van der Waals surface area contributed by atoms with Crippen LogP contribution in [0.1, 0.15) is 31.3 Å². The largest absolute Gasteiger partial charge is 0.444 e. The summed E-state index contributed by atoms with van der Waals surface area (Å²) >= 11 is 0. The van der Waals surface area contributed by atoms with Crippen molar-refractivity contribution < 1.29 is 18.7 Å². The van der Waals surface area contributed by atoms with Crippen molar-refractivity contribution in [1.82, 2.24) is 20.8 Å². The Balaban J connectivity index is 1.88. The van der Waals surface area contributed by atoms with Gasteiger partial charge in [0.2, 0.25) is 0 Å². The summed E-state index contributed by atoms with van der Waals surface area (Å²) in [5.74, 6) is -0.797. The first-order valence-electron chi connectivity index (χ1n) is 7.80. The van der Waals surface area contributed by atoms with E-state index < -0.39 is 23.4 Å². The van der Waals surface area contributed by atoms with Gasteiger partial charge in [0.05, 0.1) is 6.20 Å². The lowest BCUT2D eigenvalue weighted by Crippen LogP contribution is -2.38. The van der Waals surface area contributed by atoms with Crippen LogP contribution < -0.4 is 10.6 Å². The number of alkyl carbamates (subject to hydrolysis) is 1. The molecule has 0 saturated heterocycles. The van der Waals surface area contributed by atoms with Crippen LogP contribution in [0.5, 0.6) is 0 Å². The fourth-order valence-electron chi connectivity index (χ4n) is 2.08. The zero-order valence-electron chi connectivity index (χ0n) is 14.4. The van der Waals surface area contributed by atoms with Crippen molar-refractivity contribution in [3.8, 4) is 11.1 Å². The zero-order valence-corrected chi connectivity index (χ0v) is 14.4. The van der Waals surface area contributed by atoms with Crippen molar-refractivity contribution in [3.05, 3.63) is 42.0 Å². The molecule has 0 atom stereocenters. The Morgan fingerprint density at radius 1 is 1.24 bits per heavy atom. The number of hydrogen-bond donors (Lipinski definition) is 3. The van der Waals surface area contributed by atoms with Gasteiger partial charge in [-0.2, -0.15) is 5.10 Å². The molecule has 2 amide bonds. The first-order valence-corrected chi connectivity index (χ1v) is 7.80. The van der Waals surface area contributed by atoms with Gasteiger partial charge in [0.25, 0.3) is 5.91 Å². The molecule has 0 unspecified atom stereocenters. The van der Waals surface area contributed by atoms with Gasteiger partial charge in [-0.1, -0.05) is 12.1 Å². The number of nitrogens with zero attached hydrogens (tertiary/aromatic N) is 1. The Bertz CT molecular complexity index is 752. The number of carbonyl (C=O) groups excluding carboxylic acids is 2. The highest BCUT2D eigenvalue weighted by molar-refractivity contribution is 5.98. The molecule has 8 heteroatoms. The van der Waals surface area contributed by atoms with Crippen LogP contribution in [0.15, 0.2) is 30.5 Å². The number of carbonyl (C=O) groups is 2. The van der Waals surface area contributed by atoms with Gasteiger partial charge in [-0.3, -0.25) is 9.89 Å². The molecule has 3 N–H and O–H groups in total. The summed E-state index contributed by atoms with van der Waals surface area (Å²) in [5.41, 5.74) is 0.689. The highest BCUT2D eigenvalue weighted by Crippen LogP contribution is 2.22. The van der Waals surface area contributed by atoms with Crippen LogP contribution in [0.4, 0.5) is 9.18 Å². The maximum Gasteiger partial charge on any atom is 0.407 e. The number of ether oxygens (including phenoxy) is 1. The predicted molar refractivity (Wildman–Crippen MR) is 90.6 cm³/mol. The number of amides is 2. The second-order valence-electron chi connectivity index (χ2n) is 6.35. The fraction of sp³-hybridized carbons (Fsp3) is 0.353. The number of H-pyrrole nitrogens is 1. The summed E-state index contributed by atoms with van der Waals surface area (Å²) in [7, 11) is 0. The van der Waals surface area contributed by atoms with Gasteiger partial charge < -0.3 is 15.4 Å². The molecule has 0 aliphatic heterocycles. The van der Waals surface area contributed by atoms with Crippen LogP contribution >= 0.6 is 0 Å². The van der Waals surface area contributed by atoms with E-state index in [1.807, 2.05) is 0 Å². The topological polar surface area (TPSA) is 96.1 Å². The summed E-state index contributed by atoms with van der Waals surface area (Å²) in [6, 6.07) is 5.90. The van der Waals surface area contributed by atoms with E-state index in [2.05, 4.69) is 20.8 Å². The average molecular weight is 348 g/mol. The molecule has 0 spiro atoms. The highest BCUT2D eigenvalue weighted by Gasteiger charge is 2.17. The maximum absolute atomic E-state index is 13.4. The summed E-state index contributed by atoms with van der Waals surface area (Å²) < 4.78 is 18.4. The lowest BCUT2D eigenvalue weighted by molar-refractivity contribution is 0.0526. The summed E-state index contributed by atoms with van der Waals surface area (Å²) in [6.07, 6.45) is 0.909. The molecule has 1 aromatic carbocycles. The minimum Gasteiger partial charge on any atom is -0.444 e. The average Bonchev–Trinajstić information content (AvgIpc) is 2.99. The van der Waals surface area contributed by atoms with Crippen LogP contribution in [-0.4, -0.2) is 40.9 Å². The molecule has 1 heterocycles. The van der Waals surface area contributed by atoms with Crippen LogP contribution in [0.25, 0.3) is 11.1 Å². The maximum atomic E-state index is 13.4. The predicted octanol–water partition coefficient (Wildman–Crippen LogP) is 2.47. The van der Waals surface area contributed by atoms with Crippen molar-refractivity contribution in [3.63, 3.8) is 0 Å². The summed E-state index contributed by atoms with van der Waals surface area (Å²) in [6.45, 7) is 5.71. The molecular formula is C17H21FN4O3. The highest BCUT2D eigenvalue weighted by atomic mass is 19.1. The fourth-order valence-corrected chi connectivity index (χ4v) is 2.08. The molecule has 0 saturated carbocycles. The number of benzene rings is 1. The van der Waals surface area contributed by atoms with Gasteiger partial charge >= 0.3 is 6.09 Å². The number of aromatic nitrogens is 2. The number of aromatic amines is 1. The Morgan fingerprint density at radius 2 is 1.96 bits per heavy atom. The molecule has 134 valence electrons. The van der Waals surface area contributed by atoms with E-state index in [-0.39, 0.29) is 18.8 Å². The molecule has 0 aliphatic carbocycles. The Labute approximate surface area is 145 Å². The second kappa shape index (κ2) is 7.78. The van der Waals surface area contributed by atoms with E-state index in [1.54, 1.807) is 32.9 Å². The molecule has 0 aliphatic rings. The van der Waals surface area contributed by atoms with Gasteiger partial charge in [-0.15, -0.1) is 0 Å². The molecule has 0 radical (unpaired) electrons. The minimum atomic E-state index is -0.580. The van der Waals surface area contributed by atoms with Gasteiger partial charge in [0, 0.05) is 18.7 Å². The smallest absolute Gasteiger partial charge is 0.407 e. The molecule has 1 aromatic heterocycles. The first kappa shape index (κ1) is 18.4. The Morgan fingerprint density at radius 3 is 2.64 bits per heavy atom. The van der Waals surface area contributed by atoms with E-state index in [0.29, 0.717) is 11.1 Å².